The van der Waals surface area contributed by atoms with E-state index in [0.29, 0.717) is 0 Å². The van der Waals surface area contributed by atoms with Crippen LogP contribution in [-0.4, -0.2) is 40.6 Å². The van der Waals surface area contributed by atoms with Crippen molar-refractivity contribution < 1.29 is 24.3 Å². The van der Waals surface area contributed by atoms with Crippen molar-refractivity contribution in [2.45, 2.75) is 59.5 Å². The second kappa shape index (κ2) is 10.6. The molecule has 0 aliphatic carbocycles. The molecule has 0 fully saturated rings. The number of phenols is 1. The molecule has 0 saturated heterocycles. The topological polar surface area (TPSA) is 113 Å². The van der Waals surface area contributed by atoms with Crippen molar-refractivity contribution in [3.05, 3.63) is 29.8 Å². The van der Waals surface area contributed by atoms with Gasteiger partial charge in [-0.25, -0.2) is 0 Å². The zero-order valence-electron chi connectivity index (χ0n) is 17.1. The van der Waals surface area contributed by atoms with E-state index in [1.807, 2.05) is 13.8 Å². The molecule has 28 heavy (non-hydrogen) atoms. The maximum Gasteiger partial charge on any atom is 0.224 e. The van der Waals surface area contributed by atoms with Crippen LogP contribution < -0.4 is 10.6 Å². The van der Waals surface area contributed by atoms with Gasteiger partial charge in [0.15, 0.2) is 11.6 Å². The number of phenolic OH excluding ortho intramolecular Hbond substituents is 1. The van der Waals surface area contributed by atoms with E-state index in [9.17, 15) is 24.3 Å². The van der Waals surface area contributed by atoms with Crippen LogP contribution in [-0.2, 0) is 25.6 Å². The minimum atomic E-state index is -0.777. The second-order valence-electron chi connectivity index (χ2n) is 7.49. The number of rotatable bonds is 10. The van der Waals surface area contributed by atoms with Gasteiger partial charge in [-0.15, -0.1) is 0 Å². The minimum Gasteiger partial charge on any atom is -0.508 e. The van der Waals surface area contributed by atoms with Gasteiger partial charge in [0.25, 0.3) is 0 Å². The fraction of sp³-hybridized carbons (Fsp3) is 0.524. The number of hydrogen-bond acceptors (Lipinski definition) is 5. The quantitative estimate of drug-likeness (QED) is 0.563. The molecule has 3 N–H and O–H groups in total. The van der Waals surface area contributed by atoms with Crippen molar-refractivity contribution in [1.82, 2.24) is 10.6 Å². The number of nitrogens with one attached hydrogen (secondary N) is 2. The Morgan fingerprint density at radius 3 is 2.00 bits per heavy atom. The Hall–Kier alpha value is -2.70. The number of carbonyl (C=O) groups excluding carboxylic acids is 4. The van der Waals surface area contributed by atoms with Crippen molar-refractivity contribution in [1.29, 1.82) is 0 Å². The van der Waals surface area contributed by atoms with Gasteiger partial charge in [0.05, 0.1) is 12.1 Å². The number of aromatic hydroxyl groups is 1. The smallest absolute Gasteiger partial charge is 0.224 e. The molecule has 0 heterocycles. The Morgan fingerprint density at radius 1 is 0.964 bits per heavy atom. The van der Waals surface area contributed by atoms with E-state index in [1.54, 1.807) is 19.1 Å². The van der Waals surface area contributed by atoms with Gasteiger partial charge in [-0.3, -0.25) is 19.2 Å². The first kappa shape index (κ1) is 23.3. The van der Waals surface area contributed by atoms with E-state index in [2.05, 4.69) is 10.6 Å². The zero-order valence-corrected chi connectivity index (χ0v) is 17.1. The van der Waals surface area contributed by atoms with Crippen LogP contribution in [0, 0.1) is 11.8 Å². The third kappa shape index (κ3) is 7.50. The summed E-state index contributed by atoms with van der Waals surface area (Å²) < 4.78 is 0. The van der Waals surface area contributed by atoms with Gasteiger partial charge in [-0.2, -0.15) is 0 Å². The maximum absolute atomic E-state index is 12.9. The molecule has 7 heteroatoms. The average molecular weight is 390 g/mol. The minimum absolute atomic E-state index is 0.0445. The number of amides is 2. The van der Waals surface area contributed by atoms with Crippen molar-refractivity contribution in [2.75, 3.05) is 0 Å². The summed E-state index contributed by atoms with van der Waals surface area (Å²) in [6.07, 6.45) is 0.214. The molecular formula is C21H30N2O5. The second-order valence-corrected chi connectivity index (χ2v) is 7.49. The lowest BCUT2D eigenvalue weighted by Gasteiger charge is -2.24. The molecule has 1 aromatic carbocycles. The number of hydrogen-bond donors (Lipinski definition) is 3. The maximum atomic E-state index is 12.9. The predicted octanol–water partition coefficient (Wildman–Crippen LogP) is 1.76. The lowest BCUT2D eigenvalue weighted by Crippen LogP contribution is -2.46. The van der Waals surface area contributed by atoms with E-state index in [4.69, 9.17) is 0 Å². The highest BCUT2D eigenvalue weighted by Crippen LogP contribution is 2.19. The van der Waals surface area contributed by atoms with Crippen molar-refractivity contribution >= 4 is 23.4 Å². The first-order valence-electron chi connectivity index (χ1n) is 9.39. The van der Waals surface area contributed by atoms with Crippen molar-refractivity contribution in [3.63, 3.8) is 0 Å². The fourth-order valence-corrected chi connectivity index (χ4v) is 2.77. The number of Topliss-reactive ketones (excluding diaryl/α,β-unsaturated/α-hetero) is 2. The lowest BCUT2D eigenvalue weighted by molar-refractivity contribution is -0.134. The van der Waals surface area contributed by atoms with E-state index in [-0.39, 0.29) is 47.9 Å². The van der Waals surface area contributed by atoms with E-state index >= 15 is 0 Å². The van der Waals surface area contributed by atoms with E-state index < -0.39 is 18.0 Å². The number of carbonyl (C=O) groups is 4. The lowest BCUT2D eigenvalue weighted by atomic mass is 9.86. The van der Waals surface area contributed by atoms with Gasteiger partial charge in [0, 0.05) is 19.3 Å². The molecule has 3 atom stereocenters. The number of benzene rings is 1. The summed E-state index contributed by atoms with van der Waals surface area (Å²) in [5.41, 5.74) is 0.778. The number of ketones is 2. The Kier molecular flexibility index (Phi) is 8.82. The summed E-state index contributed by atoms with van der Waals surface area (Å²) in [6, 6.07) is 4.99. The van der Waals surface area contributed by atoms with Crippen LogP contribution in [0.1, 0.15) is 46.6 Å². The van der Waals surface area contributed by atoms with Gasteiger partial charge < -0.3 is 15.7 Å². The molecule has 1 rings (SSSR count). The Balaban J connectivity index is 2.92. The summed E-state index contributed by atoms with van der Waals surface area (Å²) in [5.74, 6) is -1.72. The molecule has 0 aliphatic rings. The highest BCUT2D eigenvalue weighted by molar-refractivity contribution is 5.94. The molecule has 0 radical (unpaired) electrons. The first-order valence-corrected chi connectivity index (χ1v) is 9.39. The summed E-state index contributed by atoms with van der Waals surface area (Å²) in [5, 5.41) is 14.7. The molecule has 0 aromatic heterocycles. The molecule has 0 spiro atoms. The molecule has 0 bridgehead atoms. The van der Waals surface area contributed by atoms with Gasteiger partial charge in [-0.05, 0) is 43.9 Å². The summed E-state index contributed by atoms with van der Waals surface area (Å²) in [6.45, 7) is 8.00. The van der Waals surface area contributed by atoms with Crippen LogP contribution in [0.4, 0.5) is 0 Å². The van der Waals surface area contributed by atoms with Crippen LogP contribution in [0.15, 0.2) is 24.3 Å². The molecule has 0 aliphatic heterocycles. The molecule has 154 valence electrons. The Labute approximate surface area is 165 Å². The van der Waals surface area contributed by atoms with Crippen LogP contribution >= 0.6 is 0 Å². The Bertz CT molecular complexity index is 712. The standard InChI is InChI=1S/C21H30N2O5/c1-12(2)18(21(28)22-13(3)14(4)24)11-20(27)19(23-15(5)25)10-16-6-8-17(26)9-7-16/h6-9,12-13,18-19,26H,10-11H2,1-5H3,(H,22,28)(H,23,25)/t13-,18-,19-/m0/s1. The van der Waals surface area contributed by atoms with Crippen molar-refractivity contribution in [2.24, 2.45) is 11.8 Å². The monoisotopic (exact) mass is 390 g/mol. The van der Waals surface area contributed by atoms with E-state index in [0.717, 1.165) is 5.56 Å². The predicted molar refractivity (Wildman–Crippen MR) is 106 cm³/mol. The summed E-state index contributed by atoms with van der Waals surface area (Å²) >= 11 is 0. The van der Waals surface area contributed by atoms with Gasteiger partial charge in [-0.1, -0.05) is 26.0 Å². The van der Waals surface area contributed by atoms with Crippen molar-refractivity contribution in [3.8, 4) is 5.75 Å². The van der Waals surface area contributed by atoms with Crippen LogP contribution in [0.2, 0.25) is 0 Å². The largest absolute Gasteiger partial charge is 0.508 e. The van der Waals surface area contributed by atoms with Crippen LogP contribution in [0.3, 0.4) is 0 Å². The summed E-state index contributed by atoms with van der Waals surface area (Å²) in [7, 11) is 0. The highest BCUT2D eigenvalue weighted by atomic mass is 16.3. The summed E-state index contributed by atoms with van der Waals surface area (Å²) in [4.78, 5) is 48.4. The van der Waals surface area contributed by atoms with Crippen LogP contribution in [0.25, 0.3) is 0 Å². The Morgan fingerprint density at radius 2 is 1.54 bits per heavy atom. The highest BCUT2D eigenvalue weighted by Gasteiger charge is 2.30. The molecule has 1 aromatic rings. The molecular weight excluding hydrogens is 360 g/mol. The first-order chi connectivity index (χ1) is 13.0. The van der Waals surface area contributed by atoms with E-state index in [1.165, 1.54) is 26.0 Å². The average Bonchev–Trinajstić information content (AvgIpc) is 2.59. The third-order valence-corrected chi connectivity index (χ3v) is 4.67. The normalized spacial score (nSPS) is 14.1. The molecule has 0 unspecified atom stereocenters. The SMILES string of the molecule is CC(=O)N[C@@H](Cc1ccc(O)cc1)C(=O)C[C@H](C(=O)N[C@@H](C)C(C)=O)C(C)C. The third-order valence-electron chi connectivity index (χ3n) is 4.67. The molecule has 2 amide bonds. The zero-order chi connectivity index (χ0) is 21.4. The van der Waals surface area contributed by atoms with Gasteiger partial charge in [0.1, 0.15) is 5.75 Å². The molecule has 0 saturated carbocycles. The van der Waals surface area contributed by atoms with Gasteiger partial charge in [0.2, 0.25) is 11.8 Å². The fourth-order valence-electron chi connectivity index (χ4n) is 2.77. The molecule has 7 nitrogen and oxygen atoms in total. The van der Waals surface area contributed by atoms with Crippen LogP contribution in [0.5, 0.6) is 5.75 Å². The van der Waals surface area contributed by atoms with Gasteiger partial charge >= 0.3 is 0 Å².